The van der Waals surface area contributed by atoms with Crippen LogP contribution in [0.3, 0.4) is 0 Å². The van der Waals surface area contributed by atoms with E-state index in [1.165, 1.54) is 30.4 Å². The Labute approximate surface area is 148 Å². The summed E-state index contributed by atoms with van der Waals surface area (Å²) in [5.41, 5.74) is 2.24. The monoisotopic (exact) mass is 340 g/mol. The van der Waals surface area contributed by atoms with Gasteiger partial charge in [-0.3, -0.25) is 4.79 Å². The van der Waals surface area contributed by atoms with E-state index in [1.807, 2.05) is 19.9 Å². The van der Waals surface area contributed by atoms with E-state index in [1.54, 1.807) is 19.1 Å². The molecule has 0 atom stereocenters. The lowest BCUT2D eigenvalue weighted by Gasteiger charge is -2.09. The molecule has 3 N–H and O–H groups in total. The molecule has 0 amide bonds. The lowest BCUT2D eigenvalue weighted by Crippen LogP contribution is -1.98. The van der Waals surface area contributed by atoms with Crippen LogP contribution in [0.1, 0.15) is 36.7 Å². The van der Waals surface area contributed by atoms with E-state index < -0.39 is 0 Å². The Hall–Kier alpha value is -3.01. The molecule has 0 radical (unpaired) electrons. The van der Waals surface area contributed by atoms with Crippen LogP contribution in [0, 0.1) is 0 Å². The Bertz CT molecular complexity index is 773. The number of phenolic OH excluding ortho intramolecular Hbond substituents is 2. The maximum Gasteiger partial charge on any atom is 0.189 e. The Morgan fingerprint density at radius 1 is 1.12 bits per heavy atom. The molecule has 0 aliphatic carbocycles. The zero-order valence-corrected chi connectivity index (χ0v) is 14.8. The van der Waals surface area contributed by atoms with E-state index in [0.29, 0.717) is 12.0 Å². The van der Waals surface area contributed by atoms with Crippen molar-refractivity contribution in [2.45, 2.75) is 27.2 Å². The molecule has 0 fully saturated rings. The summed E-state index contributed by atoms with van der Waals surface area (Å²) in [6.45, 7) is 9.04. The van der Waals surface area contributed by atoms with Crippen molar-refractivity contribution in [2.75, 3.05) is 0 Å². The van der Waals surface area contributed by atoms with Crippen LogP contribution in [-0.4, -0.2) is 21.1 Å². The third-order valence-corrected chi connectivity index (χ3v) is 3.46. The first-order valence-corrected chi connectivity index (χ1v) is 7.85. The van der Waals surface area contributed by atoms with E-state index in [2.05, 4.69) is 6.58 Å². The molecule has 0 saturated heterocycles. The topological polar surface area (TPSA) is 77.8 Å². The molecule has 4 heteroatoms. The summed E-state index contributed by atoms with van der Waals surface area (Å²) in [4.78, 5) is 12.3. The van der Waals surface area contributed by atoms with Gasteiger partial charge in [-0.05, 0) is 57.6 Å². The van der Waals surface area contributed by atoms with Crippen LogP contribution in [0.15, 0.2) is 72.1 Å². The number of phenols is 2. The summed E-state index contributed by atoms with van der Waals surface area (Å²) < 4.78 is 0. The van der Waals surface area contributed by atoms with Gasteiger partial charge in [0, 0.05) is 5.56 Å². The van der Waals surface area contributed by atoms with Crippen molar-refractivity contribution in [3.8, 4) is 11.5 Å². The molecule has 0 bridgehead atoms. The molecule has 4 nitrogen and oxygen atoms in total. The third-order valence-electron chi connectivity index (χ3n) is 3.46. The molecule has 0 aromatic heterocycles. The fraction of sp³-hybridized carbons (Fsp3) is 0.190. The molecule has 0 aliphatic heterocycles. The van der Waals surface area contributed by atoms with Crippen molar-refractivity contribution >= 4 is 5.78 Å². The second-order valence-corrected chi connectivity index (χ2v) is 5.85. The van der Waals surface area contributed by atoms with Crippen LogP contribution < -0.4 is 0 Å². The lowest BCUT2D eigenvalue weighted by atomic mass is 10.0. The highest BCUT2D eigenvalue weighted by atomic mass is 16.3. The quantitative estimate of drug-likeness (QED) is 0.216. The number of rotatable bonds is 7. The van der Waals surface area contributed by atoms with Gasteiger partial charge in [-0.1, -0.05) is 36.0 Å². The van der Waals surface area contributed by atoms with E-state index in [-0.39, 0.29) is 28.6 Å². The van der Waals surface area contributed by atoms with Crippen molar-refractivity contribution in [3.05, 3.63) is 83.2 Å². The molecule has 1 rings (SSSR count). The number of hydrogen-bond donors (Lipinski definition) is 3. The number of allylic oxidation sites excluding steroid dienone is 8. The van der Waals surface area contributed by atoms with Crippen LogP contribution in [0.25, 0.3) is 0 Å². The maximum absolute atomic E-state index is 12.3. The van der Waals surface area contributed by atoms with Crippen molar-refractivity contribution < 1.29 is 20.1 Å². The number of aromatic hydroxyl groups is 2. The Balaban J connectivity index is 3.06. The zero-order chi connectivity index (χ0) is 19.0. The largest absolute Gasteiger partial charge is 0.508 e. The molecular formula is C21H24O4. The summed E-state index contributed by atoms with van der Waals surface area (Å²) in [6, 6.07) is 2.80. The van der Waals surface area contributed by atoms with Crippen molar-refractivity contribution in [1.29, 1.82) is 0 Å². The maximum atomic E-state index is 12.3. The minimum Gasteiger partial charge on any atom is -0.508 e. The van der Waals surface area contributed by atoms with Gasteiger partial charge < -0.3 is 15.3 Å². The molecule has 0 aliphatic rings. The van der Waals surface area contributed by atoms with Crippen molar-refractivity contribution in [3.63, 3.8) is 0 Å². The first-order valence-electron chi connectivity index (χ1n) is 7.85. The number of ketones is 1. The Kier molecular flexibility index (Phi) is 7.47. The average Bonchev–Trinajstić information content (AvgIpc) is 2.57. The highest BCUT2D eigenvalue weighted by molar-refractivity contribution is 6.07. The molecule has 132 valence electrons. The van der Waals surface area contributed by atoms with Crippen molar-refractivity contribution in [2.24, 2.45) is 0 Å². The van der Waals surface area contributed by atoms with Gasteiger partial charge in [0.25, 0.3) is 0 Å². The first-order chi connectivity index (χ1) is 11.8. The predicted molar refractivity (Wildman–Crippen MR) is 101 cm³/mol. The van der Waals surface area contributed by atoms with Crippen LogP contribution >= 0.6 is 0 Å². The summed E-state index contributed by atoms with van der Waals surface area (Å²) in [7, 11) is 0. The number of hydrogen-bond acceptors (Lipinski definition) is 4. The fourth-order valence-corrected chi connectivity index (χ4v) is 1.97. The summed E-state index contributed by atoms with van der Waals surface area (Å²) >= 11 is 0. The highest BCUT2D eigenvalue weighted by Crippen LogP contribution is 2.32. The molecule has 1 aromatic carbocycles. The van der Waals surface area contributed by atoms with Gasteiger partial charge in [0.15, 0.2) is 5.78 Å². The molecule has 0 spiro atoms. The van der Waals surface area contributed by atoms with Gasteiger partial charge in [0.2, 0.25) is 0 Å². The molecule has 25 heavy (non-hydrogen) atoms. The second-order valence-electron chi connectivity index (χ2n) is 5.85. The van der Waals surface area contributed by atoms with Gasteiger partial charge in [-0.15, -0.1) is 0 Å². The van der Waals surface area contributed by atoms with Gasteiger partial charge >= 0.3 is 0 Å². The zero-order valence-electron chi connectivity index (χ0n) is 14.8. The van der Waals surface area contributed by atoms with E-state index in [4.69, 9.17) is 0 Å². The standard InChI is InChI=1S/C21H24O4/c1-5-16(22)9-7-15(4)8-12-19(23)18-11-13-20(24)17(21(18)25)10-6-14(2)3/h5-9,11-13,22,24-25H,1,10H2,2-4H3/b12-8+,15-7+,16-9+. The van der Waals surface area contributed by atoms with Gasteiger partial charge in [0.05, 0.1) is 5.56 Å². The SMILES string of the molecule is C=C\C(O)=C/C=C(C)/C=C/C(=O)c1ccc(O)c(CC=C(C)C)c1O. The van der Waals surface area contributed by atoms with E-state index >= 15 is 0 Å². The number of aliphatic hydroxyl groups excluding tert-OH is 1. The molecule has 1 aromatic rings. The smallest absolute Gasteiger partial charge is 0.189 e. The first kappa shape index (κ1) is 20.0. The summed E-state index contributed by atoms with van der Waals surface area (Å²) in [6.07, 6.45) is 9.53. The van der Waals surface area contributed by atoms with Crippen LogP contribution in [0.2, 0.25) is 0 Å². The Morgan fingerprint density at radius 3 is 2.40 bits per heavy atom. The minimum atomic E-state index is -0.374. The highest BCUT2D eigenvalue weighted by Gasteiger charge is 2.15. The summed E-state index contributed by atoms with van der Waals surface area (Å²) in [5.74, 6) is -0.602. The fourth-order valence-electron chi connectivity index (χ4n) is 1.97. The van der Waals surface area contributed by atoms with Crippen LogP contribution in [0.4, 0.5) is 0 Å². The average molecular weight is 340 g/mol. The minimum absolute atomic E-state index is 0.0270. The van der Waals surface area contributed by atoms with Gasteiger partial charge in [-0.2, -0.15) is 0 Å². The number of carbonyl (C=O) groups is 1. The molecule has 0 saturated carbocycles. The van der Waals surface area contributed by atoms with Crippen LogP contribution in [0.5, 0.6) is 11.5 Å². The number of benzene rings is 1. The van der Waals surface area contributed by atoms with Gasteiger partial charge in [0.1, 0.15) is 17.3 Å². The van der Waals surface area contributed by atoms with Crippen molar-refractivity contribution in [1.82, 2.24) is 0 Å². The van der Waals surface area contributed by atoms with Gasteiger partial charge in [-0.25, -0.2) is 0 Å². The molecule has 0 heterocycles. The Morgan fingerprint density at radius 2 is 1.80 bits per heavy atom. The molecule has 0 unspecified atom stereocenters. The third kappa shape index (κ3) is 6.18. The second kappa shape index (κ2) is 9.33. The predicted octanol–water partition coefficient (Wildman–Crippen LogP) is 4.92. The van der Waals surface area contributed by atoms with E-state index in [9.17, 15) is 20.1 Å². The lowest BCUT2D eigenvalue weighted by molar-refractivity contribution is 0.104. The normalized spacial score (nSPS) is 12.3. The number of carbonyl (C=O) groups excluding carboxylic acids is 1. The van der Waals surface area contributed by atoms with E-state index in [0.717, 1.165) is 11.1 Å². The number of aliphatic hydroxyl groups is 1. The van der Waals surface area contributed by atoms with Crippen LogP contribution in [-0.2, 0) is 6.42 Å². The molecular weight excluding hydrogens is 316 g/mol. The summed E-state index contributed by atoms with van der Waals surface area (Å²) in [5, 5.41) is 29.5.